The van der Waals surface area contributed by atoms with E-state index in [2.05, 4.69) is 15.5 Å². The molecule has 3 aromatic carbocycles. The summed E-state index contributed by atoms with van der Waals surface area (Å²) in [5, 5.41) is 4.99. The van der Waals surface area contributed by atoms with Crippen molar-refractivity contribution in [2.24, 2.45) is 5.10 Å². The number of rotatable bonds is 7. The van der Waals surface area contributed by atoms with Gasteiger partial charge < -0.3 is 9.47 Å². The zero-order chi connectivity index (χ0) is 20.1. The van der Waals surface area contributed by atoms with Crippen molar-refractivity contribution in [3.63, 3.8) is 0 Å². The second kappa shape index (κ2) is 8.70. The molecule has 4 rings (SSSR count). The lowest BCUT2D eigenvalue weighted by atomic mass is 10.2. The number of fused-ring (bicyclic) bond motifs is 1. The van der Waals surface area contributed by atoms with Crippen molar-refractivity contribution in [2.45, 2.75) is 6.61 Å². The van der Waals surface area contributed by atoms with Gasteiger partial charge in [0.25, 0.3) is 0 Å². The van der Waals surface area contributed by atoms with Crippen LogP contribution in [-0.2, 0) is 6.61 Å². The molecule has 0 bridgehead atoms. The molecule has 5 nitrogen and oxygen atoms in total. The van der Waals surface area contributed by atoms with Gasteiger partial charge in [-0.25, -0.2) is 9.37 Å². The monoisotopic (exact) mass is 407 g/mol. The Labute approximate surface area is 171 Å². The lowest BCUT2D eigenvalue weighted by Gasteiger charge is -2.11. The highest BCUT2D eigenvalue weighted by atomic mass is 32.1. The van der Waals surface area contributed by atoms with Crippen molar-refractivity contribution < 1.29 is 13.9 Å². The van der Waals surface area contributed by atoms with Crippen molar-refractivity contribution in [1.29, 1.82) is 0 Å². The first-order valence-electron chi connectivity index (χ1n) is 8.91. The van der Waals surface area contributed by atoms with E-state index < -0.39 is 0 Å². The SMILES string of the molecule is COc1cc(/C=N/Nc2nc3ccccc3s2)ccc1OCc1ccc(F)cc1. The molecule has 0 radical (unpaired) electrons. The number of nitrogens with one attached hydrogen (secondary N) is 1. The lowest BCUT2D eigenvalue weighted by molar-refractivity contribution is 0.284. The molecule has 0 amide bonds. The zero-order valence-electron chi connectivity index (χ0n) is 15.6. The molecule has 146 valence electrons. The average molecular weight is 407 g/mol. The number of anilines is 1. The zero-order valence-corrected chi connectivity index (χ0v) is 16.4. The van der Waals surface area contributed by atoms with Gasteiger partial charge in [-0.2, -0.15) is 5.10 Å². The van der Waals surface area contributed by atoms with E-state index in [1.807, 2.05) is 42.5 Å². The summed E-state index contributed by atoms with van der Waals surface area (Å²) in [6.45, 7) is 0.323. The Morgan fingerprint density at radius 1 is 1.07 bits per heavy atom. The maximum absolute atomic E-state index is 13.0. The molecule has 29 heavy (non-hydrogen) atoms. The minimum absolute atomic E-state index is 0.269. The normalized spacial score (nSPS) is 11.1. The Bertz CT molecular complexity index is 1110. The first kappa shape index (κ1) is 18.9. The number of hydrazone groups is 1. The van der Waals surface area contributed by atoms with Crippen molar-refractivity contribution in [3.05, 3.63) is 83.7 Å². The fraction of sp³-hybridized carbons (Fsp3) is 0.0909. The van der Waals surface area contributed by atoms with E-state index in [1.54, 1.807) is 36.8 Å². The van der Waals surface area contributed by atoms with Crippen LogP contribution in [0.15, 0.2) is 71.8 Å². The summed E-state index contributed by atoms with van der Waals surface area (Å²) in [6, 6.07) is 19.7. The van der Waals surface area contributed by atoms with Crippen molar-refractivity contribution in [1.82, 2.24) is 4.98 Å². The summed E-state index contributed by atoms with van der Waals surface area (Å²) in [7, 11) is 1.58. The Hall–Kier alpha value is -3.45. The smallest absolute Gasteiger partial charge is 0.204 e. The van der Waals surface area contributed by atoms with E-state index in [4.69, 9.17) is 9.47 Å². The van der Waals surface area contributed by atoms with Gasteiger partial charge in [-0.15, -0.1) is 0 Å². The molecule has 0 saturated heterocycles. The first-order chi connectivity index (χ1) is 14.2. The predicted octanol–water partition coefficient (Wildman–Crippen LogP) is 5.47. The Balaban J connectivity index is 1.41. The van der Waals surface area contributed by atoms with E-state index in [0.29, 0.717) is 18.1 Å². The Kier molecular flexibility index (Phi) is 5.67. The fourth-order valence-electron chi connectivity index (χ4n) is 2.71. The van der Waals surface area contributed by atoms with Crippen LogP contribution in [0.5, 0.6) is 11.5 Å². The number of halogens is 1. The quantitative estimate of drug-likeness (QED) is 0.326. The van der Waals surface area contributed by atoms with Crippen molar-refractivity contribution in [2.75, 3.05) is 12.5 Å². The van der Waals surface area contributed by atoms with Crippen LogP contribution in [0.25, 0.3) is 10.2 Å². The molecule has 0 aliphatic heterocycles. The minimum Gasteiger partial charge on any atom is -0.493 e. The third-order valence-corrected chi connectivity index (χ3v) is 5.10. The van der Waals surface area contributed by atoms with Gasteiger partial charge in [0.2, 0.25) is 5.13 Å². The van der Waals surface area contributed by atoms with E-state index in [1.165, 1.54) is 12.1 Å². The number of nitrogens with zero attached hydrogens (tertiary/aromatic N) is 2. The van der Waals surface area contributed by atoms with E-state index in [0.717, 1.165) is 26.5 Å². The molecule has 0 atom stereocenters. The second-order valence-electron chi connectivity index (χ2n) is 6.18. The molecule has 0 aliphatic rings. The summed E-state index contributed by atoms with van der Waals surface area (Å²) >= 11 is 1.54. The predicted molar refractivity (Wildman–Crippen MR) is 115 cm³/mol. The van der Waals surface area contributed by atoms with Gasteiger partial charge in [0.05, 0.1) is 23.5 Å². The molecule has 0 spiro atoms. The van der Waals surface area contributed by atoms with Crippen LogP contribution in [-0.4, -0.2) is 18.3 Å². The van der Waals surface area contributed by atoms with Crippen molar-refractivity contribution >= 4 is 32.9 Å². The highest BCUT2D eigenvalue weighted by Crippen LogP contribution is 2.29. The number of thiazole rings is 1. The molecule has 0 aliphatic carbocycles. The number of methoxy groups -OCH3 is 1. The number of ether oxygens (including phenoxy) is 2. The minimum atomic E-state index is -0.269. The van der Waals surface area contributed by atoms with Crippen LogP contribution in [0.2, 0.25) is 0 Å². The third kappa shape index (κ3) is 4.70. The molecular weight excluding hydrogens is 389 g/mol. The topological polar surface area (TPSA) is 55.7 Å². The largest absolute Gasteiger partial charge is 0.493 e. The standard InChI is InChI=1S/C22H18FN3O2S/c1-27-20-12-16(8-11-19(20)28-14-15-6-9-17(23)10-7-15)13-24-26-22-25-18-4-2-3-5-21(18)29-22/h2-13H,14H2,1H3,(H,25,26)/b24-13+. The molecule has 1 N–H and O–H groups in total. The number of benzene rings is 3. The van der Waals surface area contributed by atoms with Crippen LogP contribution >= 0.6 is 11.3 Å². The summed E-state index contributed by atoms with van der Waals surface area (Å²) in [4.78, 5) is 4.48. The summed E-state index contributed by atoms with van der Waals surface area (Å²) in [5.41, 5.74) is 5.63. The second-order valence-corrected chi connectivity index (χ2v) is 7.21. The molecule has 1 heterocycles. The van der Waals surface area contributed by atoms with E-state index >= 15 is 0 Å². The maximum atomic E-state index is 13.0. The summed E-state index contributed by atoms with van der Waals surface area (Å²) in [6.07, 6.45) is 1.69. The number of para-hydroxylation sites is 1. The number of aromatic nitrogens is 1. The van der Waals surface area contributed by atoms with Crippen LogP contribution in [0, 0.1) is 5.82 Å². The molecule has 7 heteroatoms. The van der Waals surface area contributed by atoms with E-state index in [9.17, 15) is 4.39 Å². The Morgan fingerprint density at radius 3 is 2.69 bits per heavy atom. The van der Waals surface area contributed by atoms with Crippen molar-refractivity contribution in [3.8, 4) is 11.5 Å². The number of hydrogen-bond donors (Lipinski definition) is 1. The molecule has 0 fully saturated rings. The van der Waals surface area contributed by atoms with Crippen LogP contribution in [0.4, 0.5) is 9.52 Å². The molecule has 4 aromatic rings. The van der Waals surface area contributed by atoms with Gasteiger partial charge in [-0.1, -0.05) is 35.6 Å². The molecule has 0 saturated carbocycles. The summed E-state index contributed by atoms with van der Waals surface area (Å²) < 4.78 is 25.3. The van der Waals surface area contributed by atoms with Gasteiger partial charge in [-0.3, -0.25) is 5.43 Å². The maximum Gasteiger partial charge on any atom is 0.204 e. The lowest BCUT2D eigenvalue weighted by Crippen LogP contribution is -1.99. The molecule has 1 aromatic heterocycles. The van der Waals surface area contributed by atoms with Crippen LogP contribution in [0.3, 0.4) is 0 Å². The first-order valence-corrected chi connectivity index (χ1v) is 9.73. The van der Waals surface area contributed by atoms with E-state index in [-0.39, 0.29) is 5.82 Å². The average Bonchev–Trinajstić information content (AvgIpc) is 3.16. The van der Waals surface area contributed by atoms with Gasteiger partial charge in [-0.05, 0) is 53.6 Å². The molecular formula is C22H18FN3O2S. The van der Waals surface area contributed by atoms with Crippen LogP contribution in [0.1, 0.15) is 11.1 Å². The van der Waals surface area contributed by atoms with Gasteiger partial charge >= 0.3 is 0 Å². The van der Waals surface area contributed by atoms with Gasteiger partial charge in [0.1, 0.15) is 12.4 Å². The fourth-order valence-corrected chi connectivity index (χ4v) is 3.52. The Morgan fingerprint density at radius 2 is 1.90 bits per heavy atom. The third-order valence-electron chi connectivity index (χ3n) is 4.16. The van der Waals surface area contributed by atoms with Gasteiger partial charge in [0.15, 0.2) is 11.5 Å². The van der Waals surface area contributed by atoms with Crippen LogP contribution < -0.4 is 14.9 Å². The van der Waals surface area contributed by atoms with Gasteiger partial charge in [0, 0.05) is 0 Å². The molecule has 0 unspecified atom stereocenters. The highest BCUT2D eigenvalue weighted by Gasteiger charge is 2.06. The summed E-state index contributed by atoms with van der Waals surface area (Å²) in [5.74, 6) is 0.929. The number of hydrogen-bond acceptors (Lipinski definition) is 6. The highest BCUT2D eigenvalue weighted by molar-refractivity contribution is 7.22.